The van der Waals surface area contributed by atoms with Gasteiger partial charge in [-0.1, -0.05) is 12.1 Å². The van der Waals surface area contributed by atoms with Gasteiger partial charge in [0.05, 0.1) is 6.42 Å². The van der Waals surface area contributed by atoms with Crippen LogP contribution in [0.1, 0.15) is 24.0 Å². The number of aryl methyl sites for hydroxylation is 1. The van der Waals surface area contributed by atoms with Crippen molar-refractivity contribution in [3.05, 3.63) is 29.3 Å². The van der Waals surface area contributed by atoms with E-state index in [1.807, 2.05) is 12.1 Å². The minimum atomic E-state index is -0.762. The molecular weight excluding hydrogens is 202 g/mol. The van der Waals surface area contributed by atoms with Crippen molar-refractivity contribution in [3.8, 4) is 0 Å². The number of carboxylic acid groups (broad SMARTS) is 1. The summed E-state index contributed by atoms with van der Waals surface area (Å²) in [6.45, 7) is 1.09. The van der Waals surface area contributed by atoms with E-state index in [2.05, 4.69) is 18.0 Å². The highest BCUT2D eigenvalue weighted by molar-refractivity contribution is 5.71. The molecule has 1 aromatic carbocycles. The van der Waals surface area contributed by atoms with Crippen molar-refractivity contribution in [1.29, 1.82) is 0 Å². The van der Waals surface area contributed by atoms with Crippen LogP contribution in [-0.2, 0) is 17.6 Å². The lowest BCUT2D eigenvalue weighted by molar-refractivity contribution is -0.136. The monoisotopic (exact) mass is 219 g/mol. The zero-order chi connectivity index (χ0) is 11.5. The van der Waals surface area contributed by atoms with Gasteiger partial charge in [0, 0.05) is 19.3 Å². The number of nitrogens with zero attached hydrogens (tertiary/aromatic N) is 1. The molecule has 1 aromatic rings. The molecule has 0 spiro atoms. The molecule has 0 fully saturated rings. The minimum absolute atomic E-state index is 0.122. The second-order valence-corrected chi connectivity index (χ2v) is 4.41. The molecule has 2 rings (SSSR count). The van der Waals surface area contributed by atoms with E-state index in [4.69, 9.17) is 5.11 Å². The lowest BCUT2D eigenvalue weighted by atomic mass is 10.0. The molecule has 0 amide bonds. The van der Waals surface area contributed by atoms with Gasteiger partial charge in [-0.3, -0.25) is 4.79 Å². The summed E-state index contributed by atoms with van der Waals surface area (Å²) in [5.41, 5.74) is 3.45. The Morgan fingerprint density at radius 1 is 1.44 bits per heavy atom. The molecule has 0 radical (unpaired) electrons. The predicted octanol–water partition coefficient (Wildman–Crippen LogP) is 2.09. The van der Waals surface area contributed by atoms with Crippen LogP contribution in [-0.4, -0.2) is 24.7 Å². The van der Waals surface area contributed by atoms with Crippen molar-refractivity contribution in [2.45, 2.75) is 25.7 Å². The van der Waals surface area contributed by atoms with Crippen molar-refractivity contribution in [1.82, 2.24) is 0 Å². The fourth-order valence-electron chi connectivity index (χ4n) is 2.28. The van der Waals surface area contributed by atoms with Gasteiger partial charge in [0.25, 0.3) is 0 Å². The third-order valence-electron chi connectivity index (χ3n) is 3.10. The highest BCUT2D eigenvalue weighted by Crippen LogP contribution is 2.26. The molecule has 3 heteroatoms. The van der Waals surface area contributed by atoms with Crippen LogP contribution in [0.4, 0.5) is 5.69 Å². The van der Waals surface area contributed by atoms with Crippen molar-refractivity contribution in [3.63, 3.8) is 0 Å². The SMILES string of the molecule is CN1CCCCc2cc(CC(=O)O)ccc21. The third kappa shape index (κ3) is 2.35. The maximum Gasteiger partial charge on any atom is 0.307 e. The van der Waals surface area contributed by atoms with E-state index in [1.165, 1.54) is 24.1 Å². The fraction of sp³-hybridized carbons (Fsp3) is 0.462. The summed E-state index contributed by atoms with van der Waals surface area (Å²) in [6, 6.07) is 6.03. The highest BCUT2D eigenvalue weighted by atomic mass is 16.4. The van der Waals surface area contributed by atoms with Gasteiger partial charge in [-0.15, -0.1) is 0 Å². The molecule has 0 saturated heterocycles. The van der Waals surface area contributed by atoms with Crippen LogP contribution in [0.5, 0.6) is 0 Å². The molecule has 86 valence electrons. The number of hydrogen-bond acceptors (Lipinski definition) is 2. The van der Waals surface area contributed by atoms with E-state index in [-0.39, 0.29) is 6.42 Å². The highest BCUT2D eigenvalue weighted by Gasteiger charge is 2.12. The van der Waals surface area contributed by atoms with E-state index in [1.54, 1.807) is 0 Å². The van der Waals surface area contributed by atoms with Crippen LogP contribution in [0, 0.1) is 0 Å². The number of carboxylic acids is 1. The fourth-order valence-corrected chi connectivity index (χ4v) is 2.28. The average molecular weight is 219 g/mol. The Kier molecular flexibility index (Phi) is 3.13. The number of benzene rings is 1. The van der Waals surface area contributed by atoms with Crippen molar-refractivity contribution in [2.24, 2.45) is 0 Å². The molecule has 0 aliphatic carbocycles. The van der Waals surface area contributed by atoms with E-state index < -0.39 is 5.97 Å². The summed E-state index contributed by atoms with van der Waals surface area (Å²) in [6.07, 6.45) is 3.58. The van der Waals surface area contributed by atoms with Crippen LogP contribution < -0.4 is 4.90 Å². The first kappa shape index (κ1) is 11.0. The van der Waals surface area contributed by atoms with Crippen LogP contribution in [0.15, 0.2) is 18.2 Å². The quantitative estimate of drug-likeness (QED) is 0.828. The molecular formula is C13H17NO2. The molecule has 1 aliphatic rings. The molecule has 1 N–H and O–H groups in total. The molecule has 16 heavy (non-hydrogen) atoms. The first-order valence-electron chi connectivity index (χ1n) is 5.71. The van der Waals surface area contributed by atoms with Gasteiger partial charge in [0.1, 0.15) is 0 Å². The molecule has 1 heterocycles. The van der Waals surface area contributed by atoms with Crippen LogP contribution in [0.25, 0.3) is 0 Å². The number of anilines is 1. The standard InChI is InChI=1S/C13H17NO2/c1-14-7-3-2-4-11-8-10(9-13(15)16)5-6-12(11)14/h5-6,8H,2-4,7,9H2,1H3,(H,15,16). The van der Waals surface area contributed by atoms with Gasteiger partial charge in [-0.05, 0) is 36.5 Å². The average Bonchev–Trinajstić information content (AvgIpc) is 2.40. The number of rotatable bonds is 2. The first-order valence-corrected chi connectivity index (χ1v) is 5.71. The summed E-state index contributed by atoms with van der Waals surface area (Å²) in [5, 5.41) is 8.77. The Hall–Kier alpha value is -1.51. The van der Waals surface area contributed by atoms with E-state index in [0.29, 0.717) is 0 Å². The largest absolute Gasteiger partial charge is 0.481 e. The summed E-state index contributed by atoms with van der Waals surface area (Å²) < 4.78 is 0. The number of fused-ring (bicyclic) bond motifs is 1. The Morgan fingerprint density at radius 3 is 3.00 bits per heavy atom. The smallest absolute Gasteiger partial charge is 0.307 e. The van der Waals surface area contributed by atoms with E-state index >= 15 is 0 Å². The first-order chi connectivity index (χ1) is 7.66. The summed E-state index contributed by atoms with van der Waals surface area (Å²) in [7, 11) is 2.10. The van der Waals surface area contributed by atoms with Crippen molar-refractivity contribution in [2.75, 3.05) is 18.5 Å². The molecule has 0 unspecified atom stereocenters. The van der Waals surface area contributed by atoms with Gasteiger partial charge in [-0.2, -0.15) is 0 Å². The zero-order valence-electron chi connectivity index (χ0n) is 9.57. The topological polar surface area (TPSA) is 40.5 Å². The van der Waals surface area contributed by atoms with Crippen molar-refractivity contribution >= 4 is 11.7 Å². The van der Waals surface area contributed by atoms with Gasteiger partial charge in [0.15, 0.2) is 0 Å². The Bertz CT molecular complexity index is 401. The van der Waals surface area contributed by atoms with Gasteiger partial charge in [0.2, 0.25) is 0 Å². The number of carbonyl (C=O) groups is 1. The molecule has 0 aromatic heterocycles. The van der Waals surface area contributed by atoms with Crippen LogP contribution in [0.2, 0.25) is 0 Å². The lowest BCUT2D eigenvalue weighted by Crippen LogP contribution is -2.17. The second-order valence-electron chi connectivity index (χ2n) is 4.41. The second kappa shape index (κ2) is 4.56. The maximum atomic E-state index is 10.7. The van der Waals surface area contributed by atoms with Crippen molar-refractivity contribution < 1.29 is 9.90 Å². The Labute approximate surface area is 95.7 Å². The normalized spacial score (nSPS) is 15.4. The van der Waals surface area contributed by atoms with Gasteiger partial charge in [-0.25, -0.2) is 0 Å². The Balaban J connectivity index is 2.29. The van der Waals surface area contributed by atoms with Gasteiger partial charge >= 0.3 is 5.97 Å². The number of aliphatic carboxylic acids is 1. The van der Waals surface area contributed by atoms with Gasteiger partial charge < -0.3 is 10.0 Å². The third-order valence-corrected chi connectivity index (χ3v) is 3.10. The molecule has 0 bridgehead atoms. The minimum Gasteiger partial charge on any atom is -0.481 e. The summed E-state index contributed by atoms with van der Waals surface area (Å²) >= 11 is 0. The van der Waals surface area contributed by atoms with E-state index in [9.17, 15) is 4.79 Å². The Morgan fingerprint density at radius 2 is 2.25 bits per heavy atom. The molecule has 3 nitrogen and oxygen atoms in total. The van der Waals surface area contributed by atoms with E-state index in [0.717, 1.165) is 18.5 Å². The molecule has 1 aliphatic heterocycles. The number of hydrogen-bond donors (Lipinski definition) is 1. The van der Waals surface area contributed by atoms with Crippen LogP contribution >= 0.6 is 0 Å². The maximum absolute atomic E-state index is 10.7. The summed E-state index contributed by atoms with van der Waals surface area (Å²) in [4.78, 5) is 12.9. The lowest BCUT2D eigenvalue weighted by Gasteiger charge is -2.19. The van der Waals surface area contributed by atoms with Crippen LogP contribution in [0.3, 0.4) is 0 Å². The summed E-state index contributed by atoms with van der Waals surface area (Å²) in [5.74, 6) is -0.762. The predicted molar refractivity (Wildman–Crippen MR) is 64.0 cm³/mol. The zero-order valence-corrected chi connectivity index (χ0v) is 9.57. The molecule has 0 atom stereocenters. The molecule has 0 saturated carbocycles.